The van der Waals surface area contributed by atoms with E-state index in [1.165, 1.54) is 0 Å². The first-order valence-electron chi connectivity index (χ1n) is 3.90. The van der Waals surface area contributed by atoms with Crippen molar-refractivity contribution >= 4 is 11.8 Å². The number of aryl methyl sites for hydroxylation is 1. The molecule has 0 N–H and O–H groups in total. The van der Waals surface area contributed by atoms with E-state index in [2.05, 4.69) is 30.9 Å². The lowest BCUT2D eigenvalue weighted by atomic mass is 10.3. The molecule has 1 aromatic heterocycles. The van der Waals surface area contributed by atoms with Crippen LogP contribution in [0.15, 0.2) is 4.52 Å². The molecular weight excluding hydrogens is 172 g/mol. The Balaban J connectivity index is 2.44. The lowest BCUT2D eigenvalue weighted by molar-refractivity contribution is 0.389. The highest BCUT2D eigenvalue weighted by molar-refractivity contribution is 7.99. The van der Waals surface area contributed by atoms with Gasteiger partial charge >= 0.3 is 0 Å². The average molecular weight is 186 g/mol. The van der Waals surface area contributed by atoms with Gasteiger partial charge in [-0.05, 0) is 0 Å². The van der Waals surface area contributed by atoms with Gasteiger partial charge in [-0.1, -0.05) is 25.9 Å². The minimum absolute atomic E-state index is 0.258. The van der Waals surface area contributed by atoms with Crippen LogP contribution in [0.2, 0.25) is 0 Å². The van der Waals surface area contributed by atoms with Crippen LogP contribution in [-0.4, -0.2) is 14.9 Å². The topological polar surface area (TPSA) is 38.9 Å². The zero-order chi connectivity index (χ0) is 9.19. The Morgan fingerprint density at radius 2 is 2.08 bits per heavy atom. The Morgan fingerprint density at radius 1 is 1.42 bits per heavy atom. The standard InChI is InChI=1S/C8H14N2OS/c1-6-9-7(10-11-6)5-12-8(2,3)4/h5H2,1-4H3. The van der Waals surface area contributed by atoms with Crippen molar-refractivity contribution in [2.75, 3.05) is 0 Å². The summed E-state index contributed by atoms with van der Waals surface area (Å²) in [5, 5.41) is 3.81. The van der Waals surface area contributed by atoms with E-state index >= 15 is 0 Å². The predicted octanol–water partition coefficient (Wildman–Crippen LogP) is 2.41. The molecule has 4 heteroatoms. The zero-order valence-electron chi connectivity index (χ0n) is 7.92. The Labute approximate surface area is 76.9 Å². The van der Waals surface area contributed by atoms with Crippen LogP contribution in [0.5, 0.6) is 0 Å². The summed E-state index contributed by atoms with van der Waals surface area (Å²) in [4.78, 5) is 4.12. The quantitative estimate of drug-likeness (QED) is 0.711. The third-order valence-corrected chi connectivity index (χ3v) is 2.47. The Kier molecular flexibility index (Phi) is 2.77. The van der Waals surface area contributed by atoms with Gasteiger partial charge in [-0.15, -0.1) is 11.8 Å². The molecule has 0 aliphatic heterocycles. The summed E-state index contributed by atoms with van der Waals surface area (Å²) in [6.07, 6.45) is 0. The number of hydrogen-bond donors (Lipinski definition) is 0. The second kappa shape index (κ2) is 3.47. The molecule has 0 spiro atoms. The van der Waals surface area contributed by atoms with Crippen LogP contribution in [0.4, 0.5) is 0 Å². The van der Waals surface area contributed by atoms with Crippen LogP contribution in [0.25, 0.3) is 0 Å². The summed E-state index contributed by atoms with van der Waals surface area (Å²) in [5.41, 5.74) is 0. The van der Waals surface area contributed by atoms with Gasteiger partial charge in [0.25, 0.3) is 0 Å². The molecule has 68 valence electrons. The number of rotatable bonds is 2. The van der Waals surface area contributed by atoms with Gasteiger partial charge in [0, 0.05) is 11.7 Å². The summed E-state index contributed by atoms with van der Waals surface area (Å²) in [5.74, 6) is 2.24. The van der Waals surface area contributed by atoms with Crippen molar-refractivity contribution in [2.24, 2.45) is 0 Å². The van der Waals surface area contributed by atoms with Crippen LogP contribution in [0.3, 0.4) is 0 Å². The molecule has 0 fully saturated rings. The van der Waals surface area contributed by atoms with Crippen molar-refractivity contribution in [3.63, 3.8) is 0 Å². The summed E-state index contributed by atoms with van der Waals surface area (Å²) >= 11 is 1.82. The molecule has 0 atom stereocenters. The molecule has 0 bridgehead atoms. The maximum absolute atomic E-state index is 4.86. The molecule has 0 saturated carbocycles. The predicted molar refractivity (Wildman–Crippen MR) is 50.1 cm³/mol. The maximum atomic E-state index is 4.86. The third-order valence-electron chi connectivity index (χ3n) is 1.20. The van der Waals surface area contributed by atoms with Gasteiger partial charge in [0.1, 0.15) is 0 Å². The second-order valence-electron chi connectivity index (χ2n) is 3.63. The molecule has 3 nitrogen and oxygen atoms in total. The van der Waals surface area contributed by atoms with Gasteiger partial charge in [0.05, 0.1) is 5.75 Å². The molecule has 1 rings (SSSR count). The Morgan fingerprint density at radius 3 is 2.50 bits per heavy atom. The van der Waals surface area contributed by atoms with Crippen LogP contribution < -0.4 is 0 Å². The molecule has 1 aromatic rings. The number of hydrogen-bond acceptors (Lipinski definition) is 4. The van der Waals surface area contributed by atoms with Crippen molar-refractivity contribution in [1.82, 2.24) is 10.1 Å². The monoisotopic (exact) mass is 186 g/mol. The first-order valence-corrected chi connectivity index (χ1v) is 4.89. The minimum Gasteiger partial charge on any atom is -0.340 e. The second-order valence-corrected chi connectivity index (χ2v) is 5.43. The van der Waals surface area contributed by atoms with Gasteiger partial charge in [0.15, 0.2) is 5.82 Å². The highest BCUT2D eigenvalue weighted by atomic mass is 32.2. The van der Waals surface area contributed by atoms with Gasteiger partial charge in [-0.2, -0.15) is 4.98 Å². The fourth-order valence-electron chi connectivity index (χ4n) is 0.681. The van der Waals surface area contributed by atoms with Gasteiger partial charge in [-0.25, -0.2) is 0 Å². The fourth-order valence-corrected chi connectivity index (χ4v) is 1.36. The molecule has 1 heterocycles. The van der Waals surface area contributed by atoms with E-state index in [1.807, 2.05) is 11.8 Å². The van der Waals surface area contributed by atoms with Crippen molar-refractivity contribution in [3.05, 3.63) is 11.7 Å². The lowest BCUT2D eigenvalue weighted by Crippen LogP contribution is -2.07. The summed E-state index contributed by atoms with van der Waals surface area (Å²) < 4.78 is 5.11. The number of aromatic nitrogens is 2. The van der Waals surface area contributed by atoms with Crippen molar-refractivity contribution in [1.29, 1.82) is 0 Å². The smallest absolute Gasteiger partial charge is 0.223 e. The largest absolute Gasteiger partial charge is 0.340 e. The van der Waals surface area contributed by atoms with Crippen molar-refractivity contribution < 1.29 is 4.52 Å². The molecule has 0 saturated heterocycles. The van der Waals surface area contributed by atoms with Crippen molar-refractivity contribution in [2.45, 2.75) is 38.2 Å². The van der Waals surface area contributed by atoms with Crippen LogP contribution in [0.1, 0.15) is 32.5 Å². The van der Waals surface area contributed by atoms with Crippen molar-refractivity contribution in [3.8, 4) is 0 Å². The Hall–Kier alpha value is -0.510. The lowest BCUT2D eigenvalue weighted by Gasteiger charge is -2.15. The maximum Gasteiger partial charge on any atom is 0.223 e. The molecule has 0 unspecified atom stereocenters. The van der Waals surface area contributed by atoms with Crippen LogP contribution in [0, 0.1) is 6.92 Å². The van der Waals surface area contributed by atoms with E-state index in [1.54, 1.807) is 6.92 Å². The average Bonchev–Trinajstić information content (AvgIpc) is 2.30. The first-order chi connectivity index (χ1) is 5.47. The van der Waals surface area contributed by atoms with E-state index in [0.29, 0.717) is 5.89 Å². The summed E-state index contributed by atoms with van der Waals surface area (Å²) in [7, 11) is 0. The number of nitrogens with zero attached hydrogens (tertiary/aromatic N) is 2. The van der Waals surface area contributed by atoms with E-state index in [4.69, 9.17) is 4.52 Å². The third kappa shape index (κ3) is 3.26. The molecular formula is C8H14N2OS. The summed E-state index contributed by atoms with van der Waals surface area (Å²) in [6, 6.07) is 0. The van der Waals surface area contributed by atoms with Gasteiger partial charge < -0.3 is 4.52 Å². The normalized spacial score (nSPS) is 12.0. The van der Waals surface area contributed by atoms with E-state index < -0.39 is 0 Å². The molecule has 0 aliphatic rings. The van der Waals surface area contributed by atoms with Crippen LogP contribution >= 0.6 is 11.8 Å². The van der Waals surface area contributed by atoms with E-state index in [0.717, 1.165) is 11.6 Å². The summed E-state index contributed by atoms with van der Waals surface area (Å²) in [6.45, 7) is 8.32. The Bertz CT molecular complexity index is 252. The minimum atomic E-state index is 0.258. The van der Waals surface area contributed by atoms with E-state index in [-0.39, 0.29) is 4.75 Å². The zero-order valence-corrected chi connectivity index (χ0v) is 8.73. The molecule has 0 amide bonds. The highest BCUT2D eigenvalue weighted by Gasteiger charge is 2.12. The molecule has 0 radical (unpaired) electrons. The molecule has 0 aromatic carbocycles. The molecule has 0 aliphatic carbocycles. The highest BCUT2D eigenvalue weighted by Crippen LogP contribution is 2.25. The fraction of sp³-hybridized carbons (Fsp3) is 0.750. The first kappa shape index (κ1) is 9.58. The molecule has 12 heavy (non-hydrogen) atoms. The van der Waals surface area contributed by atoms with Crippen LogP contribution in [-0.2, 0) is 5.75 Å². The van der Waals surface area contributed by atoms with Gasteiger partial charge in [-0.3, -0.25) is 0 Å². The van der Waals surface area contributed by atoms with E-state index in [9.17, 15) is 0 Å². The SMILES string of the molecule is Cc1nc(CSC(C)(C)C)no1. The number of thioether (sulfide) groups is 1. The van der Waals surface area contributed by atoms with Gasteiger partial charge in [0.2, 0.25) is 5.89 Å².